The second-order valence-electron chi connectivity index (χ2n) is 4.73. The molecule has 0 atom stereocenters. The topological polar surface area (TPSA) is 59.4 Å². The average molecular weight is 297 g/mol. The monoisotopic (exact) mass is 297 g/mol. The van der Waals surface area contributed by atoms with Gasteiger partial charge in [0, 0.05) is 17.0 Å². The van der Waals surface area contributed by atoms with E-state index >= 15 is 0 Å². The van der Waals surface area contributed by atoms with E-state index in [9.17, 15) is 9.18 Å². The highest BCUT2D eigenvalue weighted by molar-refractivity contribution is 5.96. The third-order valence-electron chi connectivity index (χ3n) is 3.38. The average Bonchev–Trinajstić information content (AvgIpc) is 2.54. The number of methoxy groups -OCH3 is 1. The van der Waals surface area contributed by atoms with Crippen LogP contribution in [0.2, 0.25) is 0 Å². The highest BCUT2D eigenvalue weighted by Crippen LogP contribution is 2.31. The van der Waals surface area contributed by atoms with Gasteiger partial charge in [0.15, 0.2) is 0 Å². The van der Waals surface area contributed by atoms with Gasteiger partial charge in [-0.25, -0.2) is 14.2 Å². The number of halogens is 1. The van der Waals surface area contributed by atoms with E-state index in [1.165, 1.54) is 13.2 Å². The van der Waals surface area contributed by atoms with Crippen LogP contribution in [0.15, 0.2) is 48.5 Å². The smallest absolute Gasteiger partial charge is 0.338 e. The molecule has 5 heteroatoms. The summed E-state index contributed by atoms with van der Waals surface area (Å²) >= 11 is 0. The number of fused-ring (bicyclic) bond motifs is 1. The van der Waals surface area contributed by atoms with E-state index in [1.807, 2.05) is 30.3 Å². The van der Waals surface area contributed by atoms with Crippen LogP contribution in [0.5, 0.6) is 5.75 Å². The molecule has 2 aromatic carbocycles. The first-order valence-electron chi connectivity index (χ1n) is 6.57. The molecule has 0 aliphatic carbocycles. The number of carbonyl (C=O) groups is 1. The Morgan fingerprint density at radius 2 is 1.91 bits per heavy atom. The van der Waals surface area contributed by atoms with Crippen molar-refractivity contribution in [2.45, 2.75) is 0 Å². The highest BCUT2D eigenvalue weighted by atomic mass is 19.1. The minimum atomic E-state index is -1.33. The van der Waals surface area contributed by atoms with E-state index < -0.39 is 17.3 Å². The Bertz CT molecular complexity index is 863. The van der Waals surface area contributed by atoms with Gasteiger partial charge in [-0.15, -0.1) is 0 Å². The lowest BCUT2D eigenvalue weighted by Crippen LogP contribution is -2.02. The van der Waals surface area contributed by atoms with Crippen molar-refractivity contribution in [2.24, 2.45) is 0 Å². The zero-order chi connectivity index (χ0) is 15.7. The number of hydrogen-bond acceptors (Lipinski definition) is 3. The van der Waals surface area contributed by atoms with Gasteiger partial charge in [-0.1, -0.05) is 30.3 Å². The SMILES string of the molecule is COc1cc(-c2ccccc2)nc2cc(C(=O)O)c(F)cc12. The molecule has 0 aliphatic rings. The van der Waals surface area contributed by atoms with Crippen molar-refractivity contribution < 1.29 is 19.0 Å². The van der Waals surface area contributed by atoms with Gasteiger partial charge in [0.1, 0.15) is 11.6 Å². The first-order valence-corrected chi connectivity index (χ1v) is 6.57. The van der Waals surface area contributed by atoms with Gasteiger partial charge in [0.2, 0.25) is 0 Å². The molecule has 3 aromatic rings. The van der Waals surface area contributed by atoms with E-state index in [0.717, 1.165) is 11.6 Å². The summed E-state index contributed by atoms with van der Waals surface area (Å²) < 4.78 is 19.1. The van der Waals surface area contributed by atoms with Crippen LogP contribution >= 0.6 is 0 Å². The molecule has 1 N–H and O–H groups in total. The van der Waals surface area contributed by atoms with E-state index in [2.05, 4.69) is 4.98 Å². The van der Waals surface area contributed by atoms with Crippen molar-refractivity contribution >= 4 is 16.9 Å². The van der Waals surface area contributed by atoms with E-state index in [0.29, 0.717) is 22.3 Å². The third-order valence-corrected chi connectivity index (χ3v) is 3.38. The van der Waals surface area contributed by atoms with E-state index in [-0.39, 0.29) is 0 Å². The molecule has 4 nitrogen and oxygen atoms in total. The number of aromatic nitrogens is 1. The molecule has 110 valence electrons. The second kappa shape index (κ2) is 5.44. The first-order chi connectivity index (χ1) is 10.6. The number of nitrogens with zero attached hydrogens (tertiary/aromatic N) is 1. The fraction of sp³-hybridized carbons (Fsp3) is 0.0588. The summed E-state index contributed by atoms with van der Waals surface area (Å²) in [4.78, 5) is 15.5. The van der Waals surface area contributed by atoms with Crippen molar-refractivity contribution in [1.82, 2.24) is 4.98 Å². The zero-order valence-corrected chi connectivity index (χ0v) is 11.7. The van der Waals surface area contributed by atoms with Crippen LogP contribution in [0.4, 0.5) is 4.39 Å². The van der Waals surface area contributed by atoms with Crippen molar-refractivity contribution in [2.75, 3.05) is 7.11 Å². The molecule has 22 heavy (non-hydrogen) atoms. The van der Waals surface area contributed by atoms with Crippen LogP contribution in [-0.4, -0.2) is 23.2 Å². The number of ether oxygens (including phenoxy) is 1. The van der Waals surface area contributed by atoms with Gasteiger partial charge in [-0.3, -0.25) is 0 Å². The summed E-state index contributed by atoms with van der Waals surface area (Å²) in [5, 5.41) is 9.47. The Morgan fingerprint density at radius 1 is 1.18 bits per heavy atom. The van der Waals surface area contributed by atoms with Crippen molar-refractivity contribution in [3.05, 3.63) is 59.9 Å². The molecule has 0 aliphatic heterocycles. The Morgan fingerprint density at radius 3 is 2.55 bits per heavy atom. The third kappa shape index (κ3) is 2.37. The number of carboxylic acid groups (broad SMARTS) is 1. The quantitative estimate of drug-likeness (QED) is 0.800. The van der Waals surface area contributed by atoms with Gasteiger partial charge < -0.3 is 9.84 Å². The Hall–Kier alpha value is -2.95. The normalized spacial score (nSPS) is 10.6. The first kappa shape index (κ1) is 14.0. The maximum Gasteiger partial charge on any atom is 0.338 e. The summed E-state index contributed by atoms with van der Waals surface area (Å²) in [5.41, 5.74) is 1.46. The minimum absolute atomic E-state index is 0.372. The van der Waals surface area contributed by atoms with Crippen LogP contribution in [0, 0.1) is 5.82 Å². The van der Waals surface area contributed by atoms with Crippen LogP contribution in [-0.2, 0) is 0 Å². The maximum absolute atomic E-state index is 13.8. The van der Waals surface area contributed by atoms with Gasteiger partial charge in [-0.2, -0.15) is 0 Å². The van der Waals surface area contributed by atoms with E-state index in [1.54, 1.807) is 6.07 Å². The molecule has 0 saturated heterocycles. The van der Waals surface area contributed by atoms with Crippen LogP contribution in [0.1, 0.15) is 10.4 Å². The van der Waals surface area contributed by atoms with Gasteiger partial charge >= 0.3 is 5.97 Å². The number of carboxylic acids is 1. The fourth-order valence-corrected chi connectivity index (χ4v) is 2.31. The molecule has 0 amide bonds. The van der Waals surface area contributed by atoms with Gasteiger partial charge in [0.05, 0.1) is 23.9 Å². The molecular weight excluding hydrogens is 285 g/mol. The van der Waals surface area contributed by atoms with Crippen molar-refractivity contribution in [3.63, 3.8) is 0 Å². The molecule has 1 heterocycles. The minimum Gasteiger partial charge on any atom is -0.496 e. The lowest BCUT2D eigenvalue weighted by molar-refractivity contribution is 0.0692. The molecule has 0 fully saturated rings. The van der Waals surface area contributed by atoms with Crippen LogP contribution < -0.4 is 4.74 Å². The Kier molecular flexibility index (Phi) is 3.47. The van der Waals surface area contributed by atoms with Crippen molar-refractivity contribution in [1.29, 1.82) is 0 Å². The van der Waals surface area contributed by atoms with Crippen LogP contribution in [0.3, 0.4) is 0 Å². The molecule has 0 unspecified atom stereocenters. The summed E-state index contributed by atoms with van der Waals surface area (Å²) in [7, 11) is 1.48. The molecule has 1 aromatic heterocycles. The largest absolute Gasteiger partial charge is 0.496 e. The lowest BCUT2D eigenvalue weighted by Gasteiger charge is -2.10. The lowest BCUT2D eigenvalue weighted by atomic mass is 10.1. The summed E-state index contributed by atoms with van der Waals surface area (Å²) in [6.07, 6.45) is 0. The molecule has 0 bridgehead atoms. The van der Waals surface area contributed by atoms with Crippen LogP contribution in [0.25, 0.3) is 22.2 Å². The predicted octanol–water partition coefficient (Wildman–Crippen LogP) is 3.75. The number of rotatable bonds is 3. The summed E-state index contributed by atoms with van der Waals surface area (Å²) in [6, 6.07) is 13.5. The molecule has 3 rings (SSSR count). The number of benzene rings is 2. The molecule has 0 saturated carbocycles. The fourth-order valence-electron chi connectivity index (χ4n) is 2.31. The zero-order valence-electron chi connectivity index (χ0n) is 11.7. The Balaban J connectivity index is 2.30. The summed E-state index contributed by atoms with van der Waals surface area (Å²) in [5.74, 6) is -1.70. The highest BCUT2D eigenvalue weighted by Gasteiger charge is 2.15. The summed E-state index contributed by atoms with van der Waals surface area (Å²) in [6.45, 7) is 0. The predicted molar refractivity (Wildman–Crippen MR) is 80.6 cm³/mol. The van der Waals surface area contributed by atoms with Gasteiger partial charge in [0.25, 0.3) is 0 Å². The standard InChI is InChI=1S/C17H12FNO3/c1-22-16-9-14(10-5-3-2-4-6-10)19-15-8-11(17(20)21)13(18)7-12(15)16/h2-9H,1H3,(H,20,21). The number of pyridine rings is 1. The molecule has 0 spiro atoms. The van der Waals surface area contributed by atoms with Gasteiger partial charge in [-0.05, 0) is 12.1 Å². The molecular formula is C17H12FNO3. The molecule has 0 radical (unpaired) electrons. The van der Waals surface area contributed by atoms with E-state index in [4.69, 9.17) is 9.84 Å². The number of hydrogen-bond donors (Lipinski definition) is 1. The number of aromatic carboxylic acids is 1. The van der Waals surface area contributed by atoms with Crippen molar-refractivity contribution in [3.8, 4) is 17.0 Å². The Labute approximate surface area is 125 Å². The maximum atomic E-state index is 13.8. The second-order valence-corrected chi connectivity index (χ2v) is 4.73.